The molecule has 0 saturated carbocycles. The molecule has 3 nitrogen and oxygen atoms in total. The second-order valence-corrected chi connectivity index (χ2v) is 2.56. The first kappa shape index (κ1) is 9.00. The third kappa shape index (κ3) is 1.95. The number of nitrogens with zero attached hydrogens (tertiary/aromatic N) is 1. The summed E-state index contributed by atoms with van der Waals surface area (Å²) in [6, 6.07) is 1.94. The van der Waals surface area contributed by atoms with Crippen LogP contribution in [0.25, 0.3) is 0 Å². The van der Waals surface area contributed by atoms with Gasteiger partial charge >= 0.3 is 0 Å². The molecule has 0 saturated heterocycles. The highest BCUT2D eigenvalue weighted by atomic mass is 16.5. The normalized spacial score (nSPS) is 9.92. The maximum Gasteiger partial charge on any atom is 0.140 e. The van der Waals surface area contributed by atoms with Crippen molar-refractivity contribution in [1.29, 1.82) is 0 Å². The molecule has 0 spiro atoms. The number of pyridine rings is 1. The number of aryl methyl sites for hydroxylation is 1. The zero-order valence-electron chi connectivity index (χ0n) is 7.50. The number of aromatic nitrogens is 1. The number of rotatable bonds is 3. The standard InChI is InChI=1S/C9H14N2O/c1-3-12-9-4-8(5-10)6-11-7(9)2/h4,6H,3,5,10H2,1-2H3. The van der Waals surface area contributed by atoms with Crippen LogP contribution in [0.2, 0.25) is 0 Å². The van der Waals surface area contributed by atoms with Crippen molar-refractivity contribution in [3.63, 3.8) is 0 Å². The van der Waals surface area contributed by atoms with Crippen LogP contribution in [0.1, 0.15) is 18.2 Å². The molecule has 2 N–H and O–H groups in total. The van der Waals surface area contributed by atoms with Gasteiger partial charge in [-0.2, -0.15) is 0 Å². The number of hydrogen-bond donors (Lipinski definition) is 1. The Hall–Kier alpha value is -1.09. The maximum atomic E-state index is 5.47. The predicted molar refractivity (Wildman–Crippen MR) is 48.0 cm³/mol. The van der Waals surface area contributed by atoms with Crippen LogP contribution in [0.15, 0.2) is 12.3 Å². The van der Waals surface area contributed by atoms with Gasteiger partial charge in [0.15, 0.2) is 0 Å². The lowest BCUT2D eigenvalue weighted by molar-refractivity contribution is 0.335. The molecule has 0 amide bonds. The average molecular weight is 166 g/mol. The third-order valence-electron chi connectivity index (χ3n) is 1.63. The van der Waals surface area contributed by atoms with E-state index in [1.165, 1.54) is 0 Å². The zero-order chi connectivity index (χ0) is 8.97. The minimum Gasteiger partial charge on any atom is -0.492 e. The molecular weight excluding hydrogens is 152 g/mol. The van der Waals surface area contributed by atoms with Gasteiger partial charge in [-0.25, -0.2) is 0 Å². The minimum absolute atomic E-state index is 0.507. The second kappa shape index (κ2) is 4.07. The summed E-state index contributed by atoms with van der Waals surface area (Å²) < 4.78 is 5.36. The van der Waals surface area contributed by atoms with Gasteiger partial charge in [0.25, 0.3) is 0 Å². The van der Waals surface area contributed by atoms with Gasteiger partial charge in [0.2, 0.25) is 0 Å². The molecule has 0 aliphatic rings. The van der Waals surface area contributed by atoms with E-state index >= 15 is 0 Å². The van der Waals surface area contributed by atoms with E-state index in [1.54, 1.807) is 6.20 Å². The van der Waals surface area contributed by atoms with Crippen LogP contribution in [0.3, 0.4) is 0 Å². The van der Waals surface area contributed by atoms with E-state index in [2.05, 4.69) is 4.98 Å². The van der Waals surface area contributed by atoms with Gasteiger partial charge in [-0.3, -0.25) is 4.98 Å². The first-order valence-electron chi connectivity index (χ1n) is 4.06. The van der Waals surface area contributed by atoms with Crippen molar-refractivity contribution >= 4 is 0 Å². The molecule has 66 valence electrons. The fourth-order valence-corrected chi connectivity index (χ4v) is 0.967. The molecule has 1 aromatic rings. The Morgan fingerprint density at radius 2 is 2.33 bits per heavy atom. The molecule has 0 radical (unpaired) electrons. The largest absolute Gasteiger partial charge is 0.492 e. The van der Waals surface area contributed by atoms with E-state index in [9.17, 15) is 0 Å². The Labute approximate surface area is 72.6 Å². The van der Waals surface area contributed by atoms with Gasteiger partial charge in [0.05, 0.1) is 12.3 Å². The Morgan fingerprint density at radius 3 is 2.92 bits per heavy atom. The number of hydrogen-bond acceptors (Lipinski definition) is 3. The predicted octanol–water partition coefficient (Wildman–Crippen LogP) is 1.25. The van der Waals surface area contributed by atoms with Crippen molar-refractivity contribution in [3.05, 3.63) is 23.5 Å². The second-order valence-electron chi connectivity index (χ2n) is 2.56. The zero-order valence-corrected chi connectivity index (χ0v) is 7.50. The fraction of sp³-hybridized carbons (Fsp3) is 0.444. The molecule has 0 aliphatic carbocycles. The first-order chi connectivity index (χ1) is 5.77. The van der Waals surface area contributed by atoms with Gasteiger partial charge in [0.1, 0.15) is 5.75 Å². The molecule has 0 bridgehead atoms. The van der Waals surface area contributed by atoms with Crippen LogP contribution in [0, 0.1) is 6.92 Å². The molecule has 1 aromatic heterocycles. The summed E-state index contributed by atoms with van der Waals surface area (Å²) in [5.74, 6) is 0.834. The fourth-order valence-electron chi connectivity index (χ4n) is 0.967. The van der Waals surface area contributed by atoms with Crippen molar-refractivity contribution in [2.75, 3.05) is 6.61 Å². The van der Waals surface area contributed by atoms with Crippen molar-refractivity contribution in [2.45, 2.75) is 20.4 Å². The monoisotopic (exact) mass is 166 g/mol. The van der Waals surface area contributed by atoms with E-state index in [0.717, 1.165) is 17.0 Å². The average Bonchev–Trinajstić information content (AvgIpc) is 2.09. The Kier molecular flexibility index (Phi) is 3.05. The van der Waals surface area contributed by atoms with Crippen LogP contribution in [0.4, 0.5) is 0 Å². The lowest BCUT2D eigenvalue weighted by Crippen LogP contribution is -2.01. The Bertz CT molecular complexity index is 261. The molecule has 1 rings (SSSR count). The quantitative estimate of drug-likeness (QED) is 0.735. The summed E-state index contributed by atoms with van der Waals surface area (Å²) in [5.41, 5.74) is 7.38. The van der Waals surface area contributed by atoms with Crippen LogP contribution >= 0.6 is 0 Å². The summed E-state index contributed by atoms with van der Waals surface area (Å²) in [6.07, 6.45) is 1.78. The lowest BCUT2D eigenvalue weighted by atomic mass is 10.2. The highest BCUT2D eigenvalue weighted by Gasteiger charge is 2.00. The maximum absolute atomic E-state index is 5.47. The van der Waals surface area contributed by atoms with Gasteiger partial charge in [-0.05, 0) is 25.5 Å². The SMILES string of the molecule is CCOc1cc(CN)cnc1C. The van der Waals surface area contributed by atoms with Crippen molar-refractivity contribution in [3.8, 4) is 5.75 Å². The summed E-state index contributed by atoms with van der Waals surface area (Å²) in [6.45, 7) is 5.05. The van der Waals surface area contributed by atoms with E-state index in [0.29, 0.717) is 13.2 Å². The first-order valence-corrected chi connectivity index (χ1v) is 4.06. The van der Waals surface area contributed by atoms with Crippen LogP contribution in [-0.2, 0) is 6.54 Å². The van der Waals surface area contributed by atoms with Gasteiger partial charge in [0, 0.05) is 12.7 Å². The van der Waals surface area contributed by atoms with Crippen molar-refractivity contribution in [1.82, 2.24) is 4.98 Å². The van der Waals surface area contributed by atoms with E-state index in [1.807, 2.05) is 19.9 Å². The molecule has 12 heavy (non-hydrogen) atoms. The van der Waals surface area contributed by atoms with Crippen LogP contribution in [-0.4, -0.2) is 11.6 Å². The van der Waals surface area contributed by atoms with E-state index in [-0.39, 0.29) is 0 Å². The van der Waals surface area contributed by atoms with Crippen LogP contribution in [0.5, 0.6) is 5.75 Å². The smallest absolute Gasteiger partial charge is 0.140 e. The highest BCUT2D eigenvalue weighted by molar-refractivity contribution is 5.30. The molecule has 3 heteroatoms. The van der Waals surface area contributed by atoms with Crippen molar-refractivity contribution < 1.29 is 4.74 Å². The molecular formula is C9H14N2O. The molecule has 0 unspecified atom stereocenters. The molecule has 0 aromatic carbocycles. The number of nitrogens with two attached hydrogens (primary N) is 1. The topological polar surface area (TPSA) is 48.1 Å². The van der Waals surface area contributed by atoms with Gasteiger partial charge < -0.3 is 10.5 Å². The summed E-state index contributed by atoms with van der Waals surface area (Å²) >= 11 is 0. The Morgan fingerprint density at radius 1 is 1.58 bits per heavy atom. The molecule has 0 fully saturated rings. The Balaban J connectivity index is 2.91. The molecule has 0 atom stereocenters. The highest BCUT2D eigenvalue weighted by Crippen LogP contribution is 2.16. The summed E-state index contributed by atoms with van der Waals surface area (Å²) in [4.78, 5) is 4.16. The third-order valence-corrected chi connectivity index (χ3v) is 1.63. The molecule has 1 heterocycles. The number of ether oxygens (including phenoxy) is 1. The lowest BCUT2D eigenvalue weighted by Gasteiger charge is -2.06. The van der Waals surface area contributed by atoms with Gasteiger partial charge in [-0.1, -0.05) is 0 Å². The van der Waals surface area contributed by atoms with Gasteiger partial charge in [-0.15, -0.1) is 0 Å². The van der Waals surface area contributed by atoms with Crippen LogP contribution < -0.4 is 10.5 Å². The summed E-state index contributed by atoms with van der Waals surface area (Å²) in [5, 5.41) is 0. The minimum atomic E-state index is 0.507. The van der Waals surface area contributed by atoms with Crippen molar-refractivity contribution in [2.24, 2.45) is 5.73 Å². The molecule has 0 aliphatic heterocycles. The van der Waals surface area contributed by atoms with E-state index < -0.39 is 0 Å². The van der Waals surface area contributed by atoms with E-state index in [4.69, 9.17) is 10.5 Å². The summed E-state index contributed by atoms with van der Waals surface area (Å²) in [7, 11) is 0.